The Hall–Kier alpha value is -1.88. The summed E-state index contributed by atoms with van der Waals surface area (Å²) in [6.07, 6.45) is 2.15. The van der Waals surface area contributed by atoms with E-state index in [4.69, 9.17) is 0 Å². The molecule has 0 aliphatic rings. The largest absolute Gasteiger partial charge is 0.359 e. The Bertz CT molecular complexity index is 484. The van der Waals surface area contributed by atoms with Gasteiger partial charge >= 0.3 is 0 Å². The Morgan fingerprint density at radius 1 is 1.39 bits per heavy atom. The highest BCUT2D eigenvalue weighted by Crippen LogP contribution is 2.13. The minimum Gasteiger partial charge on any atom is -0.359 e. The number of anilines is 2. The maximum Gasteiger partial charge on any atom is 0.226 e. The van der Waals surface area contributed by atoms with Crippen LogP contribution in [0.15, 0.2) is 41.9 Å². The van der Waals surface area contributed by atoms with Crippen LogP contribution in [0, 0.1) is 0 Å². The summed E-state index contributed by atoms with van der Waals surface area (Å²) in [5, 5.41) is 8.79. The lowest BCUT2D eigenvalue weighted by atomic mass is 10.2. The minimum absolute atomic E-state index is 0.00208. The number of benzene rings is 1. The van der Waals surface area contributed by atoms with Gasteiger partial charge in [-0.2, -0.15) is 0 Å². The Morgan fingerprint density at radius 3 is 2.83 bits per heavy atom. The Morgan fingerprint density at radius 2 is 2.17 bits per heavy atom. The molecule has 5 heteroatoms. The van der Waals surface area contributed by atoms with Crippen LogP contribution in [0.2, 0.25) is 0 Å². The van der Waals surface area contributed by atoms with Crippen LogP contribution in [0.3, 0.4) is 0 Å². The highest BCUT2D eigenvalue weighted by molar-refractivity contribution is 7.13. The first-order chi connectivity index (χ1) is 8.74. The highest BCUT2D eigenvalue weighted by atomic mass is 32.1. The van der Waals surface area contributed by atoms with Crippen molar-refractivity contribution in [2.24, 2.45) is 0 Å². The molecule has 1 aromatic carbocycles. The lowest BCUT2D eigenvalue weighted by Crippen LogP contribution is -2.23. The van der Waals surface area contributed by atoms with Gasteiger partial charge in [0.15, 0.2) is 5.13 Å². The number of hydrogen-bond donors (Lipinski definition) is 2. The molecule has 0 aliphatic heterocycles. The molecule has 1 atom stereocenters. The average Bonchev–Trinajstić information content (AvgIpc) is 2.82. The summed E-state index contributed by atoms with van der Waals surface area (Å²) in [5.74, 6) is -0.00208. The minimum atomic E-state index is -0.00208. The summed E-state index contributed by atoms with van der Waals surface area (Å²) in [4.78, 5) is 15.9. The van der Waals surface area contributed by atoms with Gasteiger partial charge in [-0.1, -0.05) is 18.2 Å². The molecule has 0 saturated heterocycles. The summed E-state index contributed by atoms with van der Waals surface area (Å²) in [6, 6.07) is 9.51. The predicted molar refractivity (Wildman–Crippen MR) is 74.9 cm³/mol. The molecule has 2 aromatic rings. The van der Waals surface area contributed by atoms with Crippen LogP contribution in [0.5, 0.6) is 0 Å². The Balaban J connectivity index is 1.80. The van der Waals surface area contributed by atoms with Gasteiger partial charge in [0.25, 0.3) is 0 Å². The van der Waals surface area contributed by atoms with Crippen LogP contribution in [0.4, 0.5) is 10.8 Å². The fraction of sp³-hybridized carbons (Fsp3) is 0.231. The predicted octanol–water partition coefficient (Wildman–Crippen LogP) is 2.97. The lowest BCUT2D eigenvalue weighted by molar-refractivity contribution is -0.116. The maximum atomic E-state index is 11.8. The molecule has 0 fully saturated rings. The van der Waals surface area contributed by atoms with Gasteiger partial charge in [0, 0.05) is 29.7 Å². The molecule has 1 heterocycles. The van der Waals surface area contributed by atoms with E-state index in [9.17, 15) is 4.79 Å². The number of amides is 1. The van der Waals surface area contributed by atoms with E-state index in [-0.39, 0.29) is 11.9 Å². The van der Waals surface area contributed by atoms with Gasteiger partial charge in [-0.05, 0) is 19.1 Å². The van der Waals surface area contributed by atoms with Crippen molar-refractivity contribution in [2.45, 2.75) is 19.4 Å². The van der Waals surface area contributed by atoms with Crippen LogP contribution in [-0.4, -0.2) is 16.9 Å². The van der Waals surface area contributed by atoms with E-state index in [1.807, 2.05) is 42.6 Å². The van der Waals surface area contributed by atoms with E-state index < -0.39 is 0 Å². The first kappa shape index (κ1) is 12.6. The monoisotopic (exact) mass is 261 g/mol. The molecule has 1 unspecified atom stereocenters. The van der Waals surface area contributed by atoms with Crippen molar-refractivity contribution in [3.63, 3.8) is 0 Å². The van der Waals surface area contributed by atoms with Crippen molar-refractivity contribution in [1.82, 2.24) is 4.98 Å². The molecule has 2 N–H and O–H groups in total. The van der Waals surface area contributed by atoms with Crippen molar-refractivity contribution in [2.75, 3.05) is 10.6 Å². The van der Waals surface area contributed by atoms with E-state index in [0.29, 0.717) is 6.42 Å². The summed E-state index contributed by atoms with van der Waals surface area (Å²) < 4.78 is 0. The number of thiazole rings is 1. The second kappa shape index (κ2) is 6.16. The molecule has 1 amide bonds. The normalized spacial score (nSPS) is 11.8. The molecule has 94 valence electrons. The van der Waals surface area contributed by atoms with Crippen LogP contribution < -0.4 is 10.6 Å². The average molecular weight is 261 g/mol. The first-order valence-corrected chi connectivity index (χ1v) is 6.63. The van der Waals surface area contributed by atoms with E-state index in [1.165, 1.54) is 11.3 Å². The molecule has 0 radical (unpaired) electrons. The number of carbonyl (C=O) groups is 1. The van der Waals surface area contributed by atoms with Crippen LogP contribution in [0.25, 0.3) is 0 Å². The fourth-order valence-corrected chi connectivity index (χ4v) is 2.21. The lowest BCUT2D eigenvalue weighted by Gasteiger charge is -2.12. The second-order valence-corrected chi connectivity index (χ2v) is 4.90. The van der Waals surface area contributed by atoms with Gasteiger partial charge in [-0.25, -0.2) is 4.98 Å². The zero-order chi connectivity index (χ0) is 12.8. The summed E-state index contributed by atoms with van der Waals surface area (Å²) in [6.45, 7) is 1.96. The smallest absolute Gasteiger partial charge is 0.226 e. The van der Waals surface area contributed by atoms with Gasteiger partial charge in [-0.15, -0.1) is 11.3 Å². The van der Waals surface area contributed by atoms with E-state index in [2.05, 4.69) is 15.6 Å². The molecule has 0 spiro atoms. The van der Waals surface area contributed by atoms with Crippen molar-refractivity contribution in [1.29, 1.82) is 0 Å². The van der Waals surface area contributed by atoms with E-state index in [0.717, 1.165) is 10.8 Å². The first-order valence-electron chi connectivity index (χ1n) is 5.75. The van der Waals surface area contributed by atoms with Gasteiger partial charge in [0.05, 0.1) is 0 Å². The number of rotatable bonds is 5. The van der Waals surface area contributed by atoms with Crippen molar-refractivity contribution >= 4 is 28.1 Å². The number of nitrogens with zero attached hydrogens (tertiary/aromatic N) is 1. The molecular weight excluding hydrogens is 246 g/mol. The van der Waals surface area contributed by atoms with E-state index in [1.54, 1.807) is 6.20 Å². The number of carbonyl (C=O) groups excluding carboxylic acids is 1. The van der Waals surface area contributed by atoms with Crippen LogP contribution >= 0.6 is 11.3 Å². The highest BCUT2D eigenvalue weighted by Gasteiger charge is 2.09. The van der Waals surface area contributed by atoms with Gasteiger partial charge in [0.2, 0.25) is 5.91 Å². The second-order valence-electron chi connectivity index (χ2n) is 4.00. The molecule has 2 rings (SSSR count). The topological polar surface area (TPSA) is 54.0 Å². The molecule has 0 saturated carbocycles. The fourth-order valence-electron chi connectivity index (χ4n) is 1.57. The third kappa shape index (κ3) is 3.85. The molecule has 0 bridgehead atoms. The van der Waals surface area contributed by atoms with Crippen molar-refractivity contribution in [3.8, 4) is 0 Å². The molecule has 1 aromatic heterocycles. The van der Waals surface area contributed by atoms with Gasteiger partial charge < -0.3 is 10.6 Å². The van der Waals surface area contributed by atoms with Gasteiger partial charge in [0.1, 0.15) is 0 Å². The quantitative estimate of drug-likeness (QED) is 0.870. The summed E-state index contributed by atoms with van der Waals surface area (Å²) in [7, 11) is 0. The number of aromatic nitrogens is 1. The number of hydrogen-bond acceptors (Lipinski definition) is 4. The maximum absolute atomic E-state index is 11.8. The molecular formula is C13H15N3OS. The zero-order valence-corrected chi connectivity index (χ0v) is 10.9. The molecule has 4 nitrogen and oxygen atoms in total. The Labute approximate surface area is 110 Å². The van der Waals surface area contributed by atoms with Crippen LogP contribution in [-0.2, 0) is 4.79 Å². The third-order valence-electron chi connectivity index (χ3n) is 2.35. The molecule has 0 aliphatic carbocycles. The van der Waals surface area contributed by atoms with E-state index >= 15 is 0 Å². The summed E-state index contributed by atoms with van der Waals surface area (Å²) >= 11 is 1.53. The Kier molecular flexibility index (Phi) is 4.30. The third-order valence-corrected chi connectivity index (χ3v) is 3.06. The van der Waals surface area contributed by atoms with Crippen molar-refractivity contribution < 1.29 is 4.79 Å². The standard InChI is InChI=1S/C13H15N3OS/c1-10(15-13-14-7-8-18-13)9-12(17)16-11-5-3-2-4-6-11/h2-8,10H,9H2,1H3,(H,14,15)(H,16,17). The number of para-hydroxylation sites is 1. The van der Waals surface area contributed by atoms with Crippen LogP contribution in [0.1, 0.15) is 13.3 Å². The van der Waals surface area contributed by atoms with Gasteiger partial charge in [-0.3, -0.25) is 4.79 Å². The molecule has 18 heavy (non-hydrogen) atoms. The SMILES string of the molecule is CC(CC(=O)Nc1ccccc1)Nc1nccs1. The summed E-state index contributed by atoms with van der Waals surface area (Å²) in [5.41, 5.74) is 0.823. The van der Waals surface area contributed by atoms with Crippen molar-refractivity contribution in [3.05, 3.63) is 41.9 Å². The number of nitrogens with one attached hydrogen (secondary N) is 2. The zero-order valence-electron chi connectivity index (χ0n) is 10.1.